The lowest BCUT2D eigenvalue weighted by atomic mass is 9.98. The maximum absolute atomic E-state index is 12.0. The first-order valence-corrected chi connectivity index (χ1v) is 8.85. The average molecular weight is 347 g/mol. The average Bonchev–Trinajstić information content (AvgIpc) is 3.30. The van der Waals surface area contributed by atoms with Crippen LogP contribution in [0, 0.1) is 0 Å². The van der Waals surface area contributed by atoms with Gasteiger partial charge in [0.25, 0.3) is 0 Å². The third-order valence-electron chi connectivity index (χ3n) is 4.82. The van der Waals surface area contributed by atoms with Gasteiger partial charge in [-0.15, -0.1) is 0 Å². The van der Waals surface area contributed by atoms with Crippen LogP contribution in [0.25, 0.3) is 22.3 Å². The van der Waals surface area contributed by atoms with Crippen LogP contribution in [0.4, 0.5) is 0 Å². The predicted octanol–water partition coefficient (Wildman–Crippen LogP) is 4.16. The highest BCUT2D eigenvalue weighted by molar-refractivity contribution is 5.96. The summed E-state index contributed by atoms with van der Waals surface area (Å²) in [5.41, 5.74) is 5.29. The Bertz CT molecular complexity index is 984. The maximum atomic E-state index is 12.0. The second-order valence-corrected chi connectivity index (χ2v) is 6.77. The summed E-state index contributed by atoms with van der Waals surface area (Å²) in [6.45, 7) is 6.27. The van der Waals surface area contributed by atoms with E-state index in [1.165, 1.54) is 0 Å². The molecule has 5 nitrogen and oxygen atoms in total. The van der Waals surface area contributed by atoms with Crippen molar-refractivity contribution >= 4 is 16.8 Å². The second kappa shape index (κ2) is 6.84. The van der Waals surface area contributed by atoms with Crippen molar-refractivity contribution < 1.29 is 9.53 Å². The minimum Gasteiger partial charge on any atom is -0.373 e. The molecule has 132 valence electrons. The van der Waals surface area contributed by atoms with Gasteiger partial charge >= 0.3 is 0 Å². The Kier molecular flexibility index (Phi) is 4.39. The fraction of sp³-hybridized carbons (Fsp3) is 0.286. The monoisotopic (exact) mass is 347 g/mol. The summed E-state index contributed by atoms with van der Waals surface area (Å²) >= 11 is 0. The van der Waals surface area contributed by atoms with Crippen LogP contribution in [0.3, 0.4) is 0 Å². The molecule has 1 unspecified atom stereocenters. The second-order valence-electron chi connectivity index (χ2n) is 6.77. The van der Waals surface area contributed by atoms with Gasteiger partial charge in [-0.05, 0) is 37.0 Å². The van der Waals surface area contributed by atoms with Crippen LogP contribution in [-0.2, 0) is 16.0 Å². The molecule has 1 aliphatic rings. The van der Waals surface area contributed by atoms with Gasteiger partial charge in [-0.3, -0.25) is 4.79 Å². The number of rotatable bonds is 5. The van der Waals surface area contributed by atoms with Gasteiger partial charge in [0.2, 0.25) is 0 Å². The van der Waals surface area contributed by atoms with Crippen molar-refractivity contribution in [2.45, 2.75) is 32.3 Å². The summed E-state index contributed by atoms with van der Waals surface area (Å²) in [6.07, 6.45) is 6.06. The highest BCUT2D eigenvalue weighted by atomic mass is 16.5. The molecule has 0 spiro atoms. The maximum Gasteiger partial charge on any atom is 0.162 e. The number of aromatic nitrogens is 3. The number of hydrogen-bond acceptors (Lipinski definition) is 4. The number of ketones is 1. The van der Waals surface area contributed by atoms with E-state index in [0.29, 0.717) is 12.0 Å². The van der Waals surface area contributed by atoms with Crippen molar-refractivity contribution in [2.75, 3.05) is 6.61 Å². The number of fused-ring (bicyclic) bond motifs is 1. The smallest absolute Gasteiger partial charge is 0.162 e. The van der Waals surface area contributed by atoms with Crippen molar-refractivity contribution in [3.8, 4) is 11.3 Å². The van der Waals surface area contributed by atoms with Crippen molar-refractivity contribution in [3.05, 3.63) is 60.1 Å². The molecular formula is C21H21N3O2. The topological polar surface area (TPSA) is 67.9 Å². The number of allylic oxidation sites excluding steroid dienone is 1. The molecule has 3 heterocycles. The zero-order valence-electron chi connectivity index (χ0n) is 14.8. The Labute approximate surface area is 152 Å². The molecule has 5 heteroatoms. The molecular weight excluding hydrogens is 326 g/mol. The minimum atomic E-state index is 0.0525. The van der Waals surface area contributed by atoms with Gasteiger partial charge in [-0.25, -0.2) is 9.97 Å². The van der Waals surface area contributed by atoms with E-state index in [1.54, 1.807) is 13.3 Å². The molecule has 0 radical (unpaired) electrons. The van der Waals surface area contributed by atoms with E-state index in [0.717, 1.165) is 52.9 Å². The Morgan fingerprint density at radius 3 is 3.04 bits per heavy atom. The summed E-state index contributed by atoms with van der Waals surface area (Å²) < 4.78 is 5.87. The van der Waals surface area contributed by atoms with Crippen molar-refractivity contribution in [3.63, 3.8) is 0 Å². The van der Waals surface area contributed by atoms with Crippen LogP contribution >= 0.6 is 0 Å². The molecule has 2 aromatic heterocycles. The Morgan fingerprint density at radius 2 is 2.27 bits per heavy atom. The van der Waals surface area contributed by atoms with E-state index in [2.05, 4.69) is 21.5 Å². The first kappa shape index (κ1) is 16.7. The van der Waals surface area contributed by atoms with E-state index in [-0.39, 0.29) is 11.9 Å². The van der Waals surface area contributed by atoms with Crippen LogP contribution < -0.4 is 0 Å². The normalized spacial score (nSPS) is 16.9. The lowest BCUT2D eigenvalue weighted by Crippen LogP contribution is -2.03. The fourth-order valence-electron chi connectivity index (χ4n) is 3.45. The largest absolute Gasteiger partial charge is 0.373 e. The van der Waals surface area contributed by atoms with Crippen molar-refractivity contribution in [1.82, 2.24) is 15.0 Å². The number of nitrogens with zero attached hydrogens (tertiary/aromatic N) is 2. The third kappa shape index (κ3) is 3.06. The molecule has 1 aliphatic heterocycles. The molecule has 0 amide bonds. The number of aromatic amines is 1. The van der Waals surface area contributed by atoms with Crippen LogP contribution in [0.15, 0.2) is 48.9 Å². The molecule has 1 N–H and O–H groups in total. The summed E-state index contributed by atoms with van der Waals surface area (Å²) in [6, 6.07) is 7.96. The number of ether oxygens (including phenoxy) is 1. The predicted molar refractivity (Wildman–Crippen MR) is 101 cm³/mol. The highest BCUT2D eigenvalue weighted by Crippen LogP contribution is 2.37. The number of hydrogen-bond donors (Lipinski definition) is 1. The molecule has 0 saturated carbocycles. The molecule has 1 atom stereocenters. The van der Waals surface area contributed by atoms with E-state index in [4.69, 9.17) is 4.74 Å². The van der Waals surface area contributed by atoms with Crippen LogP contribution in [0.5, 0.6) is 0 Å². The van der Waals surface area contributed by atoms with Gasteiger partial charge in [-0.1, -0.05) is 24.8 Å². The van der Waals surface area contributed by atoms with Crippen molar-refractivity contribution in [2.24, 2.45) is 0 Å². The number of nitrogens with one attached hydrogen (secondary N) is 1. The van der Waals surface area contributed by atoms with Gasteiger partial charge in [0.15, 0.2) is 5.78 Å². The highest BCUT2D eigenvalue weighted by Gasteiger charge is 2.23. The summed E-state index contributed by atoms with van der Waals surface area (Å²) in [7, 11) is 0. The quantitative estimate of drug-likeness (QED) is 0.704. The van der Waals surface area contributed by atoms with Gasteiger partial charge in [-0.2, -0.15) is 0 Å². The molecule has 1 aromatic carbocycles. The van der Waals surface area contributed by atoms with E-state index >= 15 is 0 Å². The summed E-state index contributed by atoms with van der Waals surface area (Å²) in [4.78, 5) is 24.2. The van der Waals surface area contributed by atoms with Gasteiger partial charge in [0.05, 0.1) is 17.2 Å². The Morgan fingerprint density at radius 1 is 1.38 bits per heavy atom. The lowest BCUT2D eigenvalue weighted by Gasteiger charge is -2.11. The number of carbonyl (C=O) groups is 1. The molecule has 1 saturated heterocycles. The summed E-state index contributed by atoms with van der Waals surface area (Å²) in [5, 5.41) is 1.00. The van der Waals surface area contributed by atoms with Crippen LogP contribution in [0.1, 0.15) is 37.0 Å². The third-order valence-corrected chi connectivity index (χ3v) is 4.82. The Hall–Kier alpha value is -2.79. The zero-order valence-corrected chi connectivity index (χ0v) is 14.8. The number of benzene rings is 1. The molecule has 4 rings (SSSR count). The number of H-pyrrole nitrogens is 1. The Balaban J connectivity index is 1.78. The van der Waals surface area contributed by atoms with Gasteiger partial charge in [0, 0.05) is 30.4 Å². The lowest BCUT2D eigenvalue weighted by molar-refractivity contribution is -0.114. The molecule has 3 aromatic rings. The SMILES string of the molecule is C=C(C)C(=O)Cc1cccc(-c2ncnc3[nH]cc(C4CCCO4)c23)c1. The van der Waals surface area contributed by atoms with Crippen molar-refractivity contribution in [1.29, 1.82) is 0 Å². The van der Waals surface area contributed by atoms with Gasteiger partial charge in [0.1, 0.15) is 12.0 Å². The molecule has 1 fully saturated rings. The molecule has 0 aliphatic carbocycles. The fourth-order valence-corrected chi connectivity index (χ4v) is 3.45. The molecule has 0 bridgehead atoms. The number of carbonyl (C=O) groups excluding carboxylic acids is 1. The van der Waals surface area contributed by atoms with Crippen LogP contribution in [-0.4, -0.2) is 27.3 Å². The first-order valence-electron chi connectivity index (χ1n) is 8.85. The standard InChI is InChI=1S/C21H21N3O2/c1-13(2)17(25)10-14-5-3-6-15(9-14)20-19-16(18-7-4-8-26-18)11-22-21(19)24-12-23-20/h3,5-6,9,11-12,18H,1,4,7-8,10H2,2H3,(H,22,23,24). The van der Waals surface area contributed by atoms with E-state index in [9.17, 15) is 4.79 Å². The van der Waals surface area contributed by atoms with E-state index < -0.39 is 0 Å². The van der Waals surface area contributed by atoms with Gasteiger partial charge < -0.3 is 9.72 Å². The first-order chi connectivity index (χ1) is 12.6. The molecule has 26 heavy (non-hydrogen) atoms. The van der Waals surface area contributed by atoms with E-state index in [1.807, 2.05) is 30.5 Å². The summed E-state index contributed by atoms with van der Waals surface area (Å²) in [5.74, 6) is 0.0525. The van der Waals surface area contributed by atoms with Crippen LogP contribution in [0.2, 0.25) is 0 Å². The zero-order chi connectivity index (χ0) is 18.1. The minimum absolute atomic E-state index is 0.0525. The number of Topliss-reactive ketones (excluding diaryl/α,β-unsaturated/α-hetero) is 1.